The highest BCUT2D eigenvalue weighted by Gasteiger charge is 2.20. The van der Waals surface area contributed by atoms with Crippen LogP contribution in [-0.4, -0.2) is 38.7 Å². The molecule has 0 bridgehead atoms. The Balaban J connectivity index is 1.67. The largest absolute Gasteiger partial charge is 0.377 e. The summed E-state index contributed by atoms with van der Waals surface area (Å²) in [5, 5.41) is 6.64. The Morgan fingerprint density at radius 3 is 2.69 bits per heavy atom. The summed E-state index contributed by atoms with van der Waals surface area (Å²) in [7, 11) is -3.58. The highest BCUT2D eigenvalue weighted by Crippen LogP contribution is 2.23. The van der Waals surface area contributed by atoms with Gasteiger partial charge in [0.25, 0.3) is 0 Å². The molecule has 2 N–H and O–H groups in total. The predicted molar refractivity (Wildman–Crippen MR) is 110 cm³/mol. The quantitative estimate of drug-likeness (QED) is 0.681. The Labute approximate surface area is 170 Å². The van der Waals surface area contributed by atoms with Crippen molar-refractivity contribution in [2.24, 2.45) is 0 Å². The van der Waals surface area contributed by atoms with E-state index < -0.39 is 10.0 Å². The summed E-state index contributed by atoms with van der Waals surface area (Å²) in [6.45, 7) is 4.47. The van der Waals surface area contributed by atoms with Gasteiger partial charge in [-0.3, -0.25) is 4.79 Å². The van der Waals surface area contributed by atoms with Gasteiger partial charge in [0.1, 0.15) is 11.4 Å². The maximum Gasteiger partial charge on any atom is 0.240 e. The molecule has 2 heterocycles. The molecule has 0 saturated carbocycles. The molecule has 29 heavy (non-hydrogen) atoms. The molecular formula is C20H25N3O5S. The second-order valence-corrected chi connectivity index (χ2v) is 8.57. The molecule has 1 aromatic heterocycles. The number of rotatable bonds is 8. The third kappa shape index (κ3) is 5.53. The number of carbonyl (C=O) groups is 1. The molecule has 1 atom stereocenters. The molecule has 0 spiro atoms. The predicted octanol–water partition coefficient (Wildman–Crippen LogP) is 2.96. The number of amides is 1. The number of ether oxygens (including phenoxy) is 1. The Bertz CT molecular complexity index is 974. The first-order valence-electron chi connectivity index (χ1n) is 9.54. The van der Waals surface area contributed by atoms with E-state index in [1.807, 2.05) is 0 Å². The molecule has 8 nitrogen and oxygen atoms in total. The topological polar surface area (TPSA) is 111 Å². The van der Waals surface area contributed by atoms with Crippen molar-refractivity contribution < 1.29 is 22.5 Å². The molecular weight excluding hydrogens is 394 g/mol. The maximum atomic E-state index is 12.4. The fraction of sp³-hybridized carbons (Fsp3) is 0.400. The molecule has 0 radical (unpaired) electrons. The maximum absolute atomic E-state index is 12.4. The van der Waals surface area contributed by atoms with Crippen LogP contribution in [0.2, 0.25) is 0 Å². The van der Waals surface area contributed by atoms with Gasteiger partial charge >= 0.3 is 0 Å². The fourth-order valence-corrected chi connectivity index (χ4v) is 3.97. The Morgan fingerprint density at radius 1 is 1.28 bits per heavy atom. The minimum absolute atomic E-state index is 0.0558. The smallest absolute Gasteiger partial charge is 0.240 e. The van der Waals surface area contributed by atoms with Crippen LogP contribution in [-0.2, 0) is 19.6 Å². The summed E-state index contributed by atoms with van der Waals surface area (Å²) in [5.74, 6) is 0.301. The molecule has 156 valence electrons. The van der Waals surface area contributed by atoms with Crippen molar-refractivity contribution in [1.82, 2.24) is 9.88 Å². The molecule has 1 aromatic carbocycles. The Kier molecular flexibility index (Phi) is 6.83. The number of nitrogens with zero attached hydrogens (tertiary/aromatic N) is 1. The molecule has 3 rings (SSSR count). The van der Waals surface area contributed by atoms with Crippen molar-refractivity contribution in [2.45, 2.75) is 44.1 Å². The molecule has 1 aliphatic heterocycles. The molecule has 2 aromatic rings. The van der Waals surface area contributed by atoms with Crippen molar-refractivity contribution >= 4 is 33.8 Å². The molecule has 1 amide bonds. The van der Waals surface area contributed by atoms with Gasteiger partial charge in [-0.1, -0.05) is 30.3 Å². The van der Waals surface area contributed by atoms with Gasteiger partial charge < -0.3 is 14.6 Å². The summed E-state index contributed by atoms with van der Waals surface area (Å²) in [6.07, 6.45) is 5.57. The highest BCUT2D eigenvalue weighted by atomic mass is 32.2. The van der Waals surface area contributed by atoms with E-state index in [-0.39, 0.29) is 23.5 Å². The second kappa shape index (κ2) is 9.34. The van der Waals surface area contributed by atoms with Gasteiger partial charge in [0.15, 0.2) is 5.76 Å². The highest BCUT2D eigenvalue weighted by molar-refractivity contribution is 7.89. The van der Waals surface area contributed by atoms with Crippen LogP contribution in [0.4, 0.5) is 5.69 Å². The van der Waals surface area contributed by atoms with Gasteiger partial charge in [-0.25, -0.2) is 13.1 Å². The molecule has 1 fully saturated rings. The summed E-state index contributed by atoms with van der Waals surface area (Å²) in [5.41, 5.74) is 1.90. The van der Waals surface area contributed by atoms with Crippen molar-refractivity contribution in [3.63, 3.8) is 0 Å². The average Bonchev–Trinajstić information content (AvgIpc) is 3.36. The van der Waals surface area contributed by atoms with E-state index >= 15 is 0 Å². The number of hydrogen-bond acceptors (Lipinski definition) is 6. The average molecular weight is 420 g/mol. The Hall–Kier alpha value is -2.49. The van der Waals surface area contributed by atoms with Crippen molar-refractivity contribution in [3.05, 3.63) is 41.3 Å². The van der Waals surface area contributed by atoms with Crippen LogP contribution in [0.15, 0.2) is 33.7 Å². The van der Waals surface area contributed by atoms with Crippen molar-refractivity contribution in [2.75, 3.05) is 18.5 Å². The van der Waals surface area contributed by atoms with E-state index in [0.717, 1.165) is 18.4 Å². The zero-order chi connectivity index (χ0) is 20.9. The summed E-state index contributed by atoms with van der Waals surface area (Å²) in [4.78, 5) is 11.8. The third-order valence-electron chi connectivity index (χ3n) is 4.62. The van der Waals surface area contributed by atoms with Crippen LogP contribution in [0, 0.1) is 6.92 Å². The number of aromatic nitrogens is 1. The summed E-state index contributed by atoms with van der Waals surface area (Å²) in [6, 6.07) is 6.49. The SMILES string of the molecule is CCC(=O)Nc1c(C)noc1/C=C\c1ccc(S(=O)(=O)NC[C@@H]2CCCO2)cc1. The van der Waals surface area contributed by atoms with E-state index in [9.17, 15) is 13.2 Å². The number of nitrogens with one attached hydrogen (secondary N) is 2. The number of sulfonamides is 1. The monoisotopic (exact) mass is 419 g/mol. The van der Waals surface area contributed by atoms with Gasteiger partial charge in [0.05, 0.1) is 11.0 Å². The summed E-state index contributed by atoms with van der Waals surface area (Å²) >= 11 is 0. The number of aryl methyl sites for hydroxylation is 1. The van der Waals surface area contributed by atoms with Crippen LogP contribution >= 0.6 is 0 Å². The molecule has 0 unspecified atom stereocenters. The van der Waals surface area contributed by atoms with Crippen molar-refractivity contribution in [1.29, 1.82) is 0 Å². The third-order valence-corrected chi connectivity index (χ3v) is 6.06. The van der Waals surface area contributed by atoms with Crippen LogP contribution in [0.25, 0.3) is 12.2 Å². The van der Waals surface area contributed by atoms with Gasteiger partial charge in [0, 0.05) is 19.6 Å². The molecule has 9 heteroatoms. The lowest BCUT2D eigenvalue weighted by molar-refractivity contribution is -0.115. The van der Waals surface area contributed by atoms with Crippen LogP contribution in [0.5, 0.6) is 0 Å². The summed E-state index contributed by atoms with van der Waals surface area (Å²) < 4.78 is 38.1. The number of anilines is 1. The van der Waals surface area contributed by atoms with E-state index in [4.69, 9.17) is 9.26 Å². The number of hydrogen-bond donors (Lipinski definition) is 2. The fourth-order valence-electron chi connectivity index (χ4n) is 2.90. The molecule has 0 aliphatic carbocycles. The molecule has 1 saturated heterocycles. The lowest BCUT2D eigenvalue weighted by Crippen LogP contribution is -2.31. The van der Waals surface area contributed by atoms with Crippen molar-refractivity contribution in [3.8, 4) is 0 Å². The molecule has 1 aliphatic rings. The van der Waals surface area contributed by atoms with E-state index in [1.165, 1.54) is 0 Å². The van der Waals surface area contributed by atoms with E-state index in [2.05, 4.69) is 15.2 Å². The zero-order valence-corrected chi connectivity index (χ0v) is 17.3. The van der Waals surface area contributed by atoms with Crippen LogP contribution < -0.4 is 10.0 Å². The zero-order valence-electron chi connectivity index (χ0n) is 16.5. The Morgan fingerprint density at radius 2 is 2.03 bits per heavy atom. The minimum atomic E-state index is -3.58. The standard InChI is InChI=1S/C20H25N3O5S/c1-3-19(24)22-20-14(2)23-28-18(20)11-8-15-6-9-17(10-7-15)29(25,26)21-13-16-5-4-12-27-16/h6-11,16,21H,3-5,12-13H2,1-2H3,(H,22,24)/b11-8-/t16-/m0/s1. The van der Waals surface area contributed by atoms with Crippen LogP contribution in [0.3, 0.4) is 0 Å². The number of benzene rings is 1. The lowest BCUT2D eigenvalue weighted by atomic mass is 10.2. The minimum Gasteiger partial charge on any atom is -0.377 e. The van der Waals surface area contributed by atoms with Gasteiger partial charge in [-0.05, 0) is 43.5 Å². The second-order valence-electron chi connectivity index (χ2n) is 6.80. The first kappa shape index (κ1) is 21.2. The van der Waals surface area contributed by atoms with E-state index in [1.54, 1.807) is 50.3 Å². The number of carbonyl (C=O) groups excluding carboxylic acids is 1. The van der Waals surface area contributed by atoms with Gasteiger partial charge in [-0.15, -0.1) is 0 Å². The van der Waals surface area contributed by atoms with Crippen LogP contribution in [0.1, 0.15) is 43.2 Å². The normalized spacial score (nSPS) is 17.1. The first-order chi connectivity index (χ1) is 13.9. The van der Waals surface area contributed by atoms with E-state index in [0.29, 0.717) is 30.2 Å². The van der Waals surface area contributed by atoms with Gasteiger partial charge in [-0.2, -0.15) is 0 Å². The first-order valence-corrected chi connectivity index (χ1v) is 11.0. The lowest BCUT2D eigenvalue weighted by Gasteiger charge is -2.11. The van der Waals surface area contributed by atoms with Gasteiger partial charge in [0.2, 0.25) is 15.9 Å².